The normalized spacial score (nSPS) is 17.5. The van der Waals surface area contributed by atoms with Gasteiger partial charge in [-0.3, -0.25) is 4.90 Å². The molecule has 6 heteroatoms. The molecular formula is C21H24ClFN4. The van der Waals surface area contributed by atoms with Gasteiger partial charge < -0.3 is 5.32 Å². The van der Waals surface area contributed by atoms with Crippen molar-refractivity contribution >= 4 is 12.4 Å². The highest BCUT2D eigenvalue weighted by molar-refractivity contribution is 5.85. The average Bonchev–Trinajstić information content (AvgIpc) is 3.03. The van der Waals surface area contributed by atoms with E-state index >= 15 is 0 Å². The van der Waals surface area contributed by atoms with Crippen molar-refractivity contribution in [3.63, 3.8) is 0 Å². The van der Waals surface area contributed by atoms with E-state index in [0.29, 0.717) is 0 Å². The molecule has 0 aliphatic carbocycles. The molecule has 142 valence electrons. The Labute approximate surface area is 165 Å². The summed E-state index contributed by atoms with van der Waals surface area (Å²) in [6.45, 7) is 5.56. The maximum atomic E-state index is 13.7. The molecule has 3 aromatic rings. The molecule has 2 heterocycles. The van der Waals surface area contributed by atoms with Crippen molar-refractivity contribution in [3.8, 4) is 5.69 Å². The van der Waals surface area contributed by atoms with Crippen LogP contribution in [0.15, 0.2) is 60.8 Å². The zero-order chi connectivity index (χ0) is 17.9. The summed E-state index contributed by atoms with van der Waals surface area (Å²) in [6.07, 6.45) is 2.11. The van der Waals surface area contributed by atoms with Crippen molar-refractivity contribution in [2.24, 2.45) is 0 Å². The van der Waals surface area contributed by atoms with Crippen molar-refractivity contribution in [1.82, 2.24) is 20.0 Å². The molecule has 1 aromatic heterocycles. The monoisotopic (exact) mass is 386 g/mol. The van der Waals surface area contributed by atoms with Crippen LogP contribution in [0.25, 0.3) is 5.69 Å². The van der Waals surface area contributed by atoms with E-state index in [0.717, 1.165) is 43.1 Å². The first kappa shape index (κ1) is 19.5. The molecule has 0 amide bonds. The lowest BCUT2D eigenvalue weighted by Gasteiger charge is -2.36. The predicted octanol–water partition coefficient (Wildman–Crippen LogP) is 3.89. The highest BCUT2D eigenvalue weighted by Crippen LogP contribution is 2.25. The molecule has 1 unspecified atom stereocenters. The number of para-hydroxylation sites is 1. The minimum absolute atomic E-state index is 0. The van der Waals surface area contributed by atoms with Crippen LogP contribution in [0, 0.1) is 12.7 Å². The van der Waals surface area contributed by atoms with Gasteiger partial charge >= 0.3 is 0 Å². The first-order valence-electron chi connectivity index (χ1n) is 9.01. The molecule has 1 saturated heterocycles. The molecule has 0 bridgehead atoms. The zero-order valence-corrected chi connectivity index (χ0v) is 16.1. The molecule has 1 atom stereocenters. The fourth-order valence-electron chi connectivity index (χ4n) is 3.56. The Morgan fingerprint density at radius 1 is 1.15 bits per heavy atom. The van der Waals surface area contributed by atoms with Gasteiger partial charge in [0, 0.05) is 44.0 Å². The summed E-state index contributed by atoms with van der Waals surface area (Å²) in [5.74, 6) is -0.180. The van der Waals surface area contributed by atoms with Crippen molar-refractivity contribution in [1.29, 1.82) is 0 Å². The van der Waals surface area contributed by atoms with Crippen LogP contribution < -0.4 is 5.32 Å². The summed E-state index contributed by atoms with van der Waals surface area (Å²) >= 11 is 0. The Balaban J connectivity index is 0.00000210. The molecule has 1 aliphatic rings. The maximum Gasteiger partial charge on any atom is 0.123 e. The van der Waals surface area contributed by atoms with Gasteiger partial charge in [0.05, 0.1) is 11.4 Å². The van der Waals surface area contributed by atoms with Gasteiger partial charge in [0.15, 0.2) is 0 Å². The third-order valence-electron chi connectivity index (χ3n) is 4.98. The van der Waals surface area contributed by atoms with Gasteiger partial charge in [-0.15, -0.1) is 12.4 Å². The molecule has 0 radical (unpaired) electrons. The molecule has 4 nitrogen and oxygen atoms in total. The molecule has 4 rings (SSSR count). The molecule has 2 aromatic carbocycles. The number of aryl methyl sites for hydroxylation is 1. The largest absolute Gasteiger partial charge is 0.314 e. The van der Waals surface area contributed by atoms with Gasteiger partial charge in [-0.2, -0.15) is 5.10 Å². The van der Waals surface area contributed by atoms with Crippen LogP contribution in [-0.2, 0) is 6.54 Å². The summed E-state index contributed by atoms with van der Waals surface area (Å²) in [5.41, 5.74) is 4.32. The highest BCUT2D eigenvalue weighted by atomic mass is 35.5. The molecule has 1 N–H and O–H groups in total. The summed E-state index contributed by atoms with van der Waals surface area (Å²) in [5, 5.41) is 8.10. The van der Waals surface area contributed by atoms with Crippen LogP contribution in [-0.4, -0.2) is 34.3 Å². The number of benzene rings is 2. The molecule has 27 heavy (non-hydrogen) atoms. The number of hydrogen-bond acceptors (Lipinski definition) is 3. The summed E-state index contributed by atoms with van der Waals surface area (Å²) < 4.78 is 15.6. The Morgan fingerprint density at radius 2 is 1.96 bits per heavy atom. The van der Waals surface area contributed by atoms with E-state index in [1.54, 1.807) is 12.1 Å². The van der Waals surface area contributed by atoms with Crippen molar-refractivity contribution < 1.29 is 4.39 Å². The Hall–Kier alpha value is -2.21. The van der Waals surface area contributed by atoms with Crippen LogP contribution in [0.3, 0.4) is 0 Å². The van der Waals surface area contributed by atoms with Crippen molar-refractivity contribution in [2.75, 3.05) is 19.6 Å². The number of aromatic nitrogens is 2. The number of nitrogens with one attached hydrogen (secondary N) is 1. The van der Waals surface area contributed by atoms with E-state index in [-0.39, 0.29) is 24.3 Å². The summed E-state index contributed by atoms with van der Waals surface area (Å²) in [6, 6.07) is 17.2. The SMILES string of the molecule is Cc1nn(-c2ccccc2)cc1CN1CCNCC1c1cccc(F)c1.Cl. The lowest BCUT2D eigenvalue weighted by atomic mass is 10.0. The number of rotatable bonds is 4. The van der Waals surface area contributed by atoms with Gasteiger partial charge in [-0.1, -0.05) is 30.3 Å². The summed E-state index contributed by atoms with van der Waals surface area (Å²) in [4.78, 5) is 2.41. The van der Waals surface area contributed by atoms with E-state index in [9.17, 15) is 4.39 Å². The minimum Gasteiger partial charge on any atom is -0.314 e. The highest BCUT2D eigenvalue weighted by Gasteiger charge is 2.25. The fraction of sp³-hybridized carbons (Fsp3) is 0.286. The van der Waals surface area contributed by atoms with E-state index in [4.69, 9.17) is 0 Å². The second-order valence-electron chi connectivity index (χ2n) is 6.77. The first-order chi connectivity index (χ1) is 12.7. The smallest absolute Gasteiger partial charge is 0.123 e. The Bertz CT molecular complexity index is 881. The fourth-order valence-corrected chi connectivity index (χ4v) is 3.56. The molecular weight excluding hydrogens is 363 g/mol. The van der Waals surface area contributed by atoms with Crippen molar-refractivity contribution in [3.05, 3.63) is 83.4 Å². The molecule has 1 fully saturated rings. The number of piperazine rings is 1. The zero-order valence-electron chi connectivity index (χ0n) is 15.3. The lowest BCUT2D eigenvalue weighted by molar-refractivity contribution is 0.153. The minimum atomic E-state index is -0.180. The predicted molar refractivity (Wildman–Crippen MR) is 108 cm³/mol. The van der Waals surface area contributed by atoms with E-state index in [1.807, 2.05) is 35.9 Å². The maximum absolute atomic E-state index is 13.7. The lowest BCUT2D eigenvalue weighted by Crippen LogP contribution is -2.45. The molecule has 0 saturated carbocycles. The number of nitrogens with zero attached hydrogens (tertiary/aromatic N) is 3. The van der Waals surface area contributed by atoms with Gasteiger partial charge in [0.1, 0.15) is 5.82 Å². The average molecular weight is 387 g/mol. The third kappa shape index (κ3) is 4.38. The second kappa shape index (κ2) is 8.65. The topological polar surface area (TPSA) is 33.1 Å². The molecule has 1 aliphatic heterocycles. The van der Waals surface area contributed by atoms with Gasteiger partial charge in [-0.25, -0.2) is 9.07 Å². The second-order valence-corrected chi connectivity index (χ2v) is 6.77. The third-order valence-corrected chi connectivity index (χ3v) is 4.98. The van der Waals surface area contributed by atoms with E-state index in [2.05, 4.69) is 33.6 Å². The van der Waals surface area contributed by atoms with E-state index < -0.39 is 0 Å². The van der Waals surface area contributed by atoms with Crippen LogP contribution >= 0.6 is 12.4 Å². The Morgan fingerprint density at radius 3 is 2.74 bits per heavy atom. The van der Waals surface area contributed by atoms with Crippen LogP contribution in [0.1, 0.15) is 22.9 Å². The number of hydrogen-bond donors (Lipinski definition) is 1. The first-order valence-corrected chi connectivity index (χ1v) is 9.01. The Kier molecular flexibility index (Phi) is 6.26. The van der Waals surface area contributed by atoms with Crippen molar-refractivity contribution in [2.45, 2.75) is 19.5 Å². The van der Waals surface area contributed by atoms with Gasteiger partial charge in [0.25, 0.3) is 0 Å². The van der Waals surface area contributed by atoms with Crippen LogP contribution in [0.2, 0.25) is 0 Å². The summed E-state index contributed by atoms with van der Waals surface area (Å²) in [7, 11) is 0. The standard InChI is InChI=1S/C21H23FN4.ClH/c1-16-18(15-26(24-16)20-8-3-2-4-9-20)14-25-11-10-23-13-21(25)17-6-5-7-19(22)12-17;/h2-9,12,15,21,23H,10-11,13-14H2,1H3;1H. The van der Waals surface area contributed by atoms with Gasteiger partial charge in [0.2, 0.25) is 0 Å². The number of halogens is 2. The van der Waals surface area contributed by atoms with Crippen LogP contribution in [0.5, 0.6) is 0 Å². The van der Waals surface area contributed by atoms with Crippen LogP contribution in [0.4, 0.5) is 4.39 Å². The molecule has 0 spiro atoms. The quantitative estimate of drug-likeness (QED) is 0.738. The van der Waals surface area contributed by atoms with E-state index in [1.165, 1.54) is 11.6 Å². The van der Waals surface area contributed by atoms with Gasteiger partial charge in [-0.05, 0) is 36.8 Å².